The van der Waals surface area contributed by atoms with E-state index in [1.807, 2.05) is 43.1 Å². The zero-order valence-electron chi connectivity index (χ0n) is 11.8. The van der Waals surface area contributed by atoms with Gasteiger partial charge in [-0.3, -0.25) is 4.79 Å². The first kappa shape index (κ1) is 14.3. The molecule has 106 valence electrons. The second kappa shape index (κ2) is 6.34. The van der Waals surface area contributed by atoms with Gasteiger partial charge >= 0.3 is 0 Å². The summed E-state index contributed by atoms with van der Waals surface area (Å²) in [6, 6.07) is 9.08. The molecule has 0 amide bonds. The minimum atomic E-state index is -0.117. The highest BCUT2D eigenvalue weighted by atomic mass is 16.3. The molecular formula is C15H19N3O2. The van der Waals surface area contributed by atoms with Crippen molar-refractivity contribution in [2.75, 3.05) is 18.5 Å². The number of nitrogens with zero attached hydrogens (tertiary/aromatic N) is 3. The molecule has 0 aliphatic rings. The Bertz CT molecular complexity index is 620. The van der Waals surface area contributed by atoms with E-state index in [-0.39, 0.29) is 12.2 Å². The van der Waals surface area contributed by atoms with Gasteiger partial charge in [0, 0.05) is 19.7 Å². The highest BCUT2D eigenvalue weighted by molar-refractivity contribution is 5.41. The molecule has 0 saturated heterocycles. The number of hydrogen-bond donors (Lipinski definition) is 1. The maximum Gasteiger partial charge on any atom is 0.269 e. The van der Waals surface area contributed by atoms with E-state index in [2.05, 4.69) is 5.10 Å². The fourth-order valence-electron chi connectivity index (χ4n) is 1.86. The van der Waals surface area contributed by atoms with Gasteiger partial charge in [-0.1, -0.05) is 24.3 Å². The van der Waals surface area contributed by atoms with Crippen LogP contribution >= 0.6 is 0 Å². The Morgan fingerprint density at radius 3 is 2.45 bits per heavy atom. The number of anilines is 1. The lowest BCUT2D eigenvalue weighted by atomic mass is 10.1. The largest absolute Gasteiger partial charge is 0.392 e. The first-order chi connectivity index (χ1) is 9.63. The predicted octanol–water partition coefficient (Wildman–Crippen LogP) is 1.24. The summed E-state index contributed by atoms with van der Waals surface area (Å²) in [5.41, 5.74) is 2.54. The molecule has 1 aromatic heterocycles. The summed E-state index contributed by atoms with van der Waals surface area (Å²) in [4.78, 5) is 14.0. The summed E-state index contributed by atoms with van der Waals surface area (Å²) in [7, 11) is 1.93. The van der Waals surface area contributed by atoms with Crippen molar-refractivity contribution in [2.45, 2.75) is 20.1 Å². The van der Waals surface area contributed by atoms with Crippen LogP contribution in [0, 0.1) is 0 Å². The zero-order valence-corrected chi connectivity index (χ0v) is 11.8. The van der Waals surface area contributed by atoms with Crippen molar-refractivity contribution in [1.82, 2.24) is 9.78 Å². The van der Waals surface area contributed by atoms with Crippen LogP contribution < -0.4 is 10.5 Å². The van der Waals surface area contributed by atoms with Crippen molar-refractivity contribution in [3.05, 3.63) is 58.0 Å². The predicted molar refractivity (Wildman–Crippen MR) is 78.9 cm³/mol. The van der Waals surface area contributed by atoms with Gasteiger partial charge in [0.05, 0.1) is 25.0 Å². The molecule has 0 aliphatic heterocycles. The molecule has 1 N–H and O–H groups in total. The van der Waals surface area contributed by atoms with Crippen molar-refractivity contribution < 1.29 is 5.11 Å². The van der Waals surface area contributed by atoms with Crippen molar-refractivity contribution >= 4 is 5.69 Å². The molecule has 0 saturated carbocycles. The number of aliphatic hydroxyl groups excluding tert-OH is 1. The lowest BCUT2D eigenvalue weighted by molar-refractivity contribution is 0.282. The second-order valence-electron chi connectivity index (χ2n) is 4.70. The molecule has 0 spiro atoms. The number of rotatable bonds is 5. The van der Waals surface area contributed by atoms with Gasteiger partial charge < -0.3 is 10.0 Å². The van der Waals surface area contributed by atoms with Gasteiger partial charge in [-0.15, -0.1) is 0 Å². The van der Waals surface area contributed by atoms with Crippen LogP contribution in [0.2, 0.25) is 0 Å². The first-order valence-corrected chi connectivity index (χ1v) is 6.61. The molecule has 1 aromatic carbocycles. The fraction of sp³-hybridized carbons (Fsp3) is 0.333. The van der Waals surface area contributed by atoms with Gasteiger partial charge in [0.25, 0.3) is 5.56 Å². The van der Waals surface area contributed by atoms with Crippen molar-refractivity contribution in [1.29, 1.82) is 0 Å². The van der Waals surface area contributed by atoms with Crippen LogP contribution in [0.5, 0.6) is 0 Å². The highest BCUT2D eigenvalue weighted by Crippen LogP contribution is 2.08. The highest BCUT2D eigenvalue weighted by Gasteiger charge is 2.04. The van der Waals surface area contributed by atoms with Crippen LogP contribution in [-0.4, -0.2) is 28.5 Å². The molecule has 0 radical (unpaired) electrons. The van der Waals surface area contributed by atoms with Gasteiger partial charge in [0.1, 0.15) is 0 Å². The zero-order chi connectivity index (χ0) is 14.5. The lowest BCUT2D eigenvalue weighted by Gasteiger charge is -2.16. The molecule has 2 rings (SSSR count). The topological polar surface area (TPSA) is 58.4 Å². The molecule has 0 fully saturated rings. The van der Waals surface area contributed by atoms with Crippen molar-refractivity contribution in [3.8, 4) is 0 Å². The van der Waals surface area contributed by atoms with Gasteiger partial charge in [0.15, 0.2) is 0 Å². The Labute approximate surface area is 118 Å². The van der Waals surface area contributed by atoms with Crippen LogP contribution in [0.1, 0.15) is 18.1 Å². The van der Waals surface area contributed by atoms with E-state index < -0.39 is 0 Å². The van der Waals surface area contributed by atoms with Crippen LogP contribution in [0.15, 0.2) is 41.3 Å². The van der Waals surface area contributed by atoms with Crippen molar-refractivity contribution in [2.24, 2.45) is 0 Å². The molecule has 5 heteroatoms. The SMILES string of the molecule is CCN(C)c1cnn(Cc2ccc(CO)cc2)c(=O)c1. The van der Waals surface area contributed by atoms with Crippen LogP contribution in [0.25, 0.3) is 0 Å². The standard InChI is InChI=1S/C15H19N3O2/c1-3-17(2)14-8-15(20)18(16-9-14)10-12-4-6-13(11-19)7-5-12/h4-9,19H,3,10-11H2,1-2H3. The first-order valence-electron chi connectivity index (χ1n) is 6.61. The molecule has 5 nitrogen and oxygen atoms in total. The fourth-order valence-corrected chi connectivity index (χ4v) is 1.86. The molecular weight excluding hydrogens is 254 g/mol. The van der Waals surface area contributed by atoms with E-state index in [0.29, 0.717) is 6.54 Å². The molecule has 1 heterocycles. The van der Waals surface area contributed by atoms with E-state index in [4.69, 9.17) is 5.11 Å². The minimum Gasteiger partial charge on any atom is -0.392 e. The average Bonchev–Trinajstić information content (AvgIpc) is 2.49. The van der Waals surface area contributed by atoms with E-state index in [9.17, 15) is 4.79 Å². The van der Waals surface area contributed by atoms with Crippen LogP contribution in [0.4, 0.5) is 5.69 Å². The smallest absolute Gasteiger partial charge is 0.269 e. The minimum absolute atomic E-state index is 0.0243. The summed E-state index contributed by atoms with van der Waals surface area (Å²) in [5.74, 6) is 0. The summed E-state index contributed by atoms with van der Waals surface area (Å²) >= 11 is 0. The number of hydrogen-bond acceptors (Lipinski definition) is 4. The summed E-state index contributed by atoms with van der Waals surface area (Å²) in [6.07, 6.45) is 1.70. The van der Waals surface area contributed by atoms with Gasteiger partial charge in [0.2, 0.25) is 0 Å². The van der Waals surface area contributed by atoms with Crippen molar-refractivity contribution in [3.63, 3.8) is 0 Å². The lowest BCUT2D eigenvalue weighted by Crippen LogP contribution is -2.25. The molecule has 0 bridgehead atoms. The van der Waals surface area contributed by atoms with E-state index in [1.54, 1.807) is 12.3 Å². The molecule has 0 unspecified atom stereocenters. The molecule has 2 aromatic rings. The maximum atomic E-state index is 12.0. The van der Waals surface area contributed by atoms with Gasteiger partial charge in [-0.05, 0) is 18.1 Å². The Hall–Kier alpha value is -2.14. The monoisotopic (exact) mass is 273 g/mol. The third-order valence-electron chi connectivity index (χ3n) is 3.31. The summed E-state index contributed by atoms with van der Waals surface area (Å²) < 4.78 is 1.43. The van der Waals surface area contributed by atoms with Crippen LogP contribution in [0.3, 0.4) is 0 Å². The second-order valence-corrected chi connectivity index (χ2v) is 4.70. The molecule has 20 heavy (non-hydrogen) atoms. The Morgan fingerprint density at radius 2 is 1.90 bits per heavy atom. The third kappa shape index (κ3) is 3.24. The van der Waals surface area contributed by atoms with Gasteiger partial charge in [-0.25, -0.2) is 4.68 Å². The quantitative estimate of drug-likeness (QED) is 0.890. The number of aliphatic hydroxyl groups is 1. The van der Waals surface area contributed by atoms with Gasteiger partial charge in [-0.2, -0.15) is 5.10 Å². The molecule has 0 aliphatic carbocycles. The summed E-state index contributed by atoms with van der Waals surface area (Å²) in [6.45, 7) is 3.30. The number of benzene rings is 1. The summed E-state index contributed by atoms with van der Waals surface area (Å²) in [5, 5.41) is 13.2. The van der Waals surface area contributed by atoms with E-state index >= 15 is 0 Å². The molecule has 0 atom stereocenters. The number of aromatic nitrogens is 2. The Kier molecular flexibility index (Phi) is 4.53. The van der Waals surface area contributed by atoms with Crippen LogP contribution in [-0.2, 0) is 13.2 Å². The third-order valence-corrected chi connectivity index (χ3v) is 3.31. The van der Waals surface area contributed by atoms with E-state index in [1.165, 1.54) is 4.68 Å². The maximum absolute atomic E-state index is 12.0. The Morgan fingerprint density at radius 1 is 1.25 bits per heavy atom. The Balaban J connectivity index is 2.19. The van der Waals surface area contributed by atoms with E-state index in [0.717, 1.165) is 23.4 Å². The normalized spacial score (nSPS) is 10.6. The average molecular weight is 273 g/mol.